The summed E-state index contributed by atoms with van der Waals surface area (Å²) in [5.41, 5.74) is 1.21. The average Bonchev–Trinajstić information content (AvgIpc) is 2.67. The van der Waals surface area contributed by atoms with Gasteiger partial charge in [0.15, 0.2) is 0 Å². The molecule has 0 bridgehead atoms. The summed E-state index contributed by atoms with van der Waals surface area (Å²) in [5.74, 6) is 0. The summed E-state index contributed by atoms with van der Waals surface area (Å²) in [6.07, 6.45) is 6.06. The molecule has 0 spiro atoms. The van der Waals surface area contributed by atoms with Crippen molar-refractivity contribution in [3.8, 4) is 0 Å². The first-order valence-corrected chi connectivity index (χ1v) is 5.38. The van der Waals surface area contributed by atoms with Crippen LogP contribution in [0.5, 0.6) is 0 Å². The molecule has 0 amide bonds. The molecular formula is C11H18N2O. The number of aromatic nitrogens is 1. The Balaban J connectivity index is 1.75. The van der Waals surface area contributed by atoms with E-state index in [1.807, 2.05) is 12.3 Å². The smallest absolute Gasteiger partial charge is 0.0555 e. The van der Waals surface area contributed by atoms with E-state index in [0.29, 0.717) is 6.04 Å². The van der Waals surface area contributed by atoms with Gasteiger partial charge in [-0.2, -0.15) is 0 Å². The van der Waals surface area contributed by atoms with Crippen LogP contribution in [-0.2, 0) is 6.54 Å². The normalized spacial score (nSPS) is 27.8. The molecule has 0 radical (unpaired) electrons. The van der Waals surface area contributed by atoms with Crippen LogP contribution in [0.1, 0.15) is 31.4 Å². The van der Waals surface area contributed by atoms with Gasteiger partial charge >= 0.3 is 0 Å². The highest BCUT2D eigenvalue weighted by Crippen LogP contribution is 2.18. The highest BCUT2D eigenvalue weighted by molar-refractivity contribution is 5.03. The SMILES string of the molecule is OC1CCCC(NCc2ccc[nH]2)C1. The van der Waals surface area contributed by atoms with Gasteiger partial charge in [0.1, 0.15) is 0 Å². The minimum Gasteiger partial charge on any atom is -0.393 e. The van der Waals surface area contributed by atoms with Gasteiger partial charge in [-0.1, -0.05) is 0 Å². The van der Waals surface area contributed by atoms with E-state index in [4.69, 9.17) is 0 Å². The summed E-state index contributed by atoms with van der Waals surface area (Å²) in [7, 11) is 0. The molecule has 1 heterocycles. The number of hydrogen-bond donors (Lipinski definition) is 3. The Kier molecular flexibility index (Phi) is 3.22. The van der Waals surface area contributed by atoms with E-state index < -0.39 is 0 Å². The molecule has 2 unspecified atom stereocenters. The zero-order valence-corrected chi connectivity index (χ0v) is 8.37. The standard InChI is InChI=1S/C11H18N2O/c14-11-5-1-3-9(7-11)13-8-10-4-2-6-12-10/h2,4,6,9,11-14H,1,3,5,7-8H2. The summed E-state index contributed by atoms with van der Waals surface area (Å²) in [6, 6.07) is 4.57. The molecule has 78 valence electrons. The molecular weight excluding hydrogens is 176 g/mol. The van der Waals surface area contributed by atoms with Crippen molar-refractivity contribution >= 4 is 0 Å². The van der Waals surface area contributed by atoms with Crippen LogP contribution in [0.2, 0.25) is 0 Å². The van der Waals surface area contributed by atoms with Crippen LogP contribution in [0.3, 0.4) is 0 Å². The molecule has 14 heavy (non-hydrogen) atoms. The Morgan fingerprint density at radius 3 is 3.14 bits per heavy atom. The second-order valence-electron chi connectivity index (χ2n) is 4.09. The maximum Gasteiger partial charge on any atom is 0.0555 e. The Bertz CT molecular complexity index is 258. The fraction of sp³-hybridized carbons (Fsp3) is 0.636. The van der Waals surface area contributed by atoms with Gasteiger partial charge < -0.3 is 15.4 Å². The van der Waals surface area contributed by atoms with Crippen LogP contribution < -0.4 is 5.32 Å². The van der Waals surface area contributed by atoms with Crippen LogP contribution in [0.25, 0.3) is 0 Å². The van der Waals surface area contributed by atoms with Crippen molar-refractivity contribution in [1.29, 1.82) is 0 Å². The molecule has 2 rings (SSSR count). The number of rotatable bonds is 3. The van der Waals surface area contributed by atoms with E-state index in [2.05, 4.69) is 16.4 Å². The molecule has 1 saturated carbocycles. The predicted octanol–water partition coefficient (Wildman–Crippen LogP) is 1.41. The fourth-order valence-corrected chi connectivity index (χ4v) is 2.08. The van der Waals surface area contributed by atoms with Crippen molar-refractivity contribution in [2.45, 2.75) is 44.4 Å². The summed E-state index contributed by atoms with van der Waals surface area (Å²) in [6.45, 7) is 0.879. The largest absolute Gasteiger partial charge is 0.393 e. The summed E-state index contributed by atoms with van der Waals surface area (Å²) in [4.78, 5) is 3.16. The topological polar surface area (TPSA) is 48.0 Å². The molecule has 0 saturated heterocycles. The zero-order chi connectivity index (χ0) is 9.80. The van der Waals surface area contributed by atoms with Crippen molar-refractivity contribution in [2.24, 2.45) is 0 Å². The van der Waals surface area contributed by atoms with Crippen LogP contribution >= 0.6 is 0 Å². The first-order chi connectivity index (χ1) is 6.84. The second kappa shape index (κ2) is 4.62. The van der Waals surface area contributed by atoms with Crippen molar-refractivity contribution in [2.75, 3.05) is 0 Å². The number of aromatic amines is 1. The second-order valence-corrected chi connectivity index (χ2v) is 4.09. The Hall–Kier alpha value is -0.800. The quantitative estimate of drug-likeness (QED) is 0.681. The Morgan fingerprint density at radius 2 is 2.43 bits per heavy atom. The zero-order valence-electron chi connectivity index (χ0n) is 8.37. The van der Waals surface area contributed by atoms with Crippen molar-refractivity contribution in [3.05, 3.63) is 24.0 Å². The summed E-state index contributed by atoms with van der Waals surface area (Å²) >= 11 is 0. The third-order valence-electron chi connectivity index (χ3n) is 2.89. The maximum absolute atomic E-state index is 9.49. The Labute approximate surface area is 84.5 Å². The average molecular weight is 194 g/mol. The van der Waals surface area contributed by atoms with Gasteiger partial charge in [0, 0.05) is 24.5 Å². The van der Waals surface area contributed by atoms with E-state index in [1.54, 1.807) is 0 Å². The van der Waals surface area contributed by atoms with Gasteiger partial charge in [-0.3, -0.25) is 0 Å². The van der Waals surface area contributed by atoms with E-state index in [-0.39, 0.29) is 6.10 Å². The third-order valence-corrected chi connectivity index (χ3v) is 2.89. The summed E-state index contributed by atoms with van der Waals surface area (Å²) < 4.78 is 0. The predicted molar refractivity (Wildman–Crippen MR) is 55.9 cm³/mol. The van der Waals surface area contributed by atoms with Gasteiger partial charge in [0.2, 0.25) is 0 Å². The number of aliphatic hydroxyl groups is 1. The molecule has 3 nitrogen and oxygen atoms in total. The lowest BCUT2D eigenvalue weighted by atomic mass is 9.93. The number of H-pyrrole nitrogens is 1. The van der Waals surface area contributed by atoms with E-state index in [0.717, 1.165) is 25.8 Å². The molecule has 1 aliphatic rings. The fourth-order valence-electron chi connectivity index (χ4n) is 2.08. The van der Waals surface area contributed by atoms with Crippen LogP contribution in [0.15, 0.2) is 18.3 Å². The van der Waals surface area contributed by atoms with Crippen molar-refractivity contribution < 1.29 is 5.11 Å². The van der Waals surface area contributed by atoms with Gasteiger partial charge in [0.05, 0.1) is 6.10 Å². The molecule has 3 N–H and O–H groups in total. The highest BCUT2D eigenvalue weighted by atomic mass is 16.3. The van der Waals surface area contributed by atoms with Crippen molar-refractivity contribution in [1.82, 2.24) is 10.3 Å². The number of nitrogens with one attached hydrogen (secondary N) is 2. The maximum atomic E-state index is 9.49. The lowest BCUT2D eigenvalue weighted by molar-refractivity contribution is 0.111. The number of aliphatic hydroxyl groups excluding tert-OH is 1. The first kappa shape index (κ1) is 9.74. The highest BCUT2D eigenvalue weighted by Gasteiger charge is 2.19. The lowest BCUT2D eigenvalue weighted by Gasteiger charge is -2.26. The van der Waals surface area contributed by atoms with E-state index >= 15 is 0 Å². The minimum atomic E-state index is -0.0927. The van der Waals surface area contributed by atoms with Gasteiger partial charge in [-0.25, -0.2) is 0 Å². The Morgan fingerprint density at radius 1 is 1.50 bits per heavy atom. The molecule has 1 aliphatic carbocycles. The van der Waals surface area contributed by atoms with Crippen LogP contribution in [0, 0.1) is 0 Å². The van der Waals surface area contributed by atoms with Gasteiger partial charge in [-0.05, 0) is 37.8 Å². The minimum absolute atomic E-state index is 0.0927. The van der Waals surface area contributed by atoms with Gasteiger partial charge in [-0.15, -0.1) is 0 Å². The number of hydrogen-bond acceptors (Lipinski definition) is 2. The molecule has 2 atom stereocenters. The van der Waals surface area contributed by atoms with Gasteiger partial charge in [0.25, 0.3) is 0 Å². The van der Waals surface area contributed by atoms with Crippen LogP contribution in [-0.4, -0.2) is 22.2 Å². The monoisotopic (exact) mass is 194 g/mol. The van der Waals surface area contributed by atoms with E-state index in [9.17, 15) is 5.11 Å². The molecule has 1 fully saturated rings. The van der Waals surface area contributed by atoms with Crippen molar-refractivity contribution in [3.63, 3.8) is 0 Å². The molecule has 1 aromatic rings. The molecule has 3 heteroatoms. The van der Waals surface area contributed by atoms with E-state index in [1.165, 1.54) is 12.1 Å². The third kappa shape index (κ3) is 2.59. The summed E-state index contributed by atoms with van der Waals surface area (Å²) in [5, 5.41) is 13.0. The molecule has 0 aromatic carbocycles. The van der Waals surface area contributed by atoms with Crippen LogP contribution in [0.4, 0.5) is 0 Å². The molecule has 1 aromatic heterocycles. The lowest BCUT2D eigenvalue weighted by Crippen LogP contribution is -2.35. The molecule has 0 aliphatic heterocycles. The first-order valence-electron chi connectivity index (χ1n) is 5.38.